The van der Waals surface area contributed by atoms with Gasteiger partial charge in [-0.2, -0.15) is 5.10 Å². The van der Waals surface area contributed by atoms with E-state index in [-0.39, 0.29) is 5.69 Å². The monoisotopic (exact) mass is 255 g/mol. The fourth-order valence-electron chi connectivity index (χ4n) is 2.21. The van der Waals surface area contributed by atoms with Gasteiger partial charge in [0.15, 0.2) is 11.4 Å². The van der Waals surface area contributed by atoms with Crippen molar-refractivity contribution in [1.29, 1.82) is 0 Å². The highest BCUT2D eigenvalue weighted by Gasteiger charge is 2.13. The molecule has 4 aromatic heterocycles. The predicted octanol–water partition coefficient (Wildman–Crippen LogP) is 1.17. The molecular weight excluding hydrogens is 246 g/mol. The summed E-state index contributed by atoms with van der Waals surface area (Å²) >= 11 is 0. The summed E-state index contributed by atoms with van der Waals surface area (Å²) in [5, 5.41) is 4.39. The zero-order chi connectivity index (χ0) is 13.0. The second-order valence-electron chi connectivity index (χ2n) is 4.27. The molecule has 19 heavy (non-hydrogen) atoms. The second kappa shape index (κ2) is 3.35. The van der Waals surface area contributed by atoms with Gasteiger partial charge in [0.25, 0.3) is 0 Å². The highest BCUT2D eigenvalue weighted by Crippen LogP contribution is 2.23. The first-order valence-corrected chi connectivity index (χ1v) is 5.71. The van der Waals surface area contributed by atoms with Crippen LogP contribution >= 0.6 is 0 Å². The van der Waals surface area contributed by atoms with Crippen LogP contribution in [0.2, 0.25) is 0 Å². The van der Waals surface area contributed by atoms with E-state index >= 15 is 0 Å². The third-order valence-electron chi connectivity index (χ3n) is 3.14. The Bertz CT molecular complexity index is 942. The van der Waals surface area contributed by atoms with Gasteiger partial charge in [0, 0.05) is 7.05 Å². The summed E-state index contributed by atoms with van der Waals surface area (Å²) in [5.41, 5.74) is 2.57. The molecule has 1 N–H and O–H groups in total. The summed E-state index contributed by atoms with van der Waals surface area (Å²) in [5.74, 6) is 0.678. The van der Waals surface area contributed by atoms with Crippen LogP contribution in [-0.4, -0.2) is 24.1 Å². The van der Waals surface area contributed by atoms with Crippen LogP contribution in [0.15, 0.2) is 40.0 Å². The Kier molecular flexibility index (Phi) is 1.78. The smallest absolute Gasteiger partial charge is 0.327 e. The van der Waals surface area contributed by atoms with E-state index in [1.807, 2.05) is 12.1 Å². The lowest BCUT2D eigenvalue weighted by molar-refractivity contribution is 0.579. The quantitative estimate of drug-likeness (QED) is 0.553. The molecule has 0 atom stereocenters. The maximum absolute atomic E-state index is 11.6. The minimum Gasteiger partial charge on any atom is -0.463 e. The van der Waals surface area contributed by atoms with Crippen LogP contribution in [0.1, 0.15) is 0 Å². The number of H-pyrrole nitrogens is 1. The molecule has 4 heterocycles. The minimum atomic E-state index is -0.198. The number of aromatic nitrogens is 5. The molecule has 7 nitrogen and oxygen atoms in total. The van der Waals surface area contributed by atoms with E-state index in [1.165, 1.54) is 4.57 Å². The van der Waals surface area contributed by atoms with Gasteiger partial charge in [0.05, 0.1) is 11.8 Å². The largest absolute Gasteiger partial charge is 0.463 e. The van der Waals surface area contributed by atoms with Crippen LogP contribution < -0.4 is 5.69 Å². The van der Waals surface area contributed by atoms with Crippen molar-refractivity contribution in [2.24, 2.45) is 7.05 Å². The van der Waals surface area contributed by atoms with Crippen LogP contribution in [-0.2, 0) is 7.05 Å². The van der Waals surface area contributed by atoms with Crippen LogP contribution in [0.3, 0.4) is 0 Å². The second-order valence-corrected chi connectivity index (χ2v) is 4.27. The Balaban J connectivity index is 2.13. The molecule has 0 aromatic carbocycles. The lowest BCUT2D eigenvalue weighted by Gasteiger charge is -1.95. The lowest BCUT2D eigenvalue weighted by atomic mass is 10.3. The van der Waals surface area contributed by atoms with E-state index in [1.54, 1.807) is 30.2 Å². The number of aromatic amines is 1. The molecule has 0 aliphatic carbocycles. The molecule has 94 valence electrons. The normalized spacial score (nSPS) is 11.6. The van der Waals surface area contributed by atoms with Crippen molar-refractivity contribution in [2.45, 2.75) is 0 Å². The standard InChI is InChI=1S/C12H9N5O2/c1-16-10-8-5-7(9-3-2-4-19-9)15-17(8)6-13-11(10)14-12(16)18/h2-6H,1H3,(H,14,18). The number of nitrogens with one attached hydrogen (secondary N) is 1. The Labute approximate surface area is 106 Å². The highest BCUT2D eigenvalue weighted by atomic mass is 16.3. The number of hydrogen-bond donors (Lipinski definition) is 1. The number of fused-ring (bicyclic) bond motifs is 3. The Morgan fingerprint density at radius 3 is 3.11 bits per heavy atom. The van der Waals surface area contributed by atoms with Crippen molar-refractivity contribution in [3.05, 3.63) is 41.3 Å². The molecule has 7 heteroatoms. The fourth-order valence-corrected chi connectivity index (χ4v) is 2.21. The first-order chi connectivity index (χ1) is 9.24. The summed E-state index contributed by atoms with van der Waals surface area (Å²) in [6.45, 7) is 0. The molecule has 0 saturated carbocycles. The number of aryl methyl sites for hydroxylation is 1. The van der Waals surface area contributed by atoms with Gasteiger partial charge >= 0.3 is 5.69 Å². The Hall–Kier alpha value is -2.83. The SMILES string of the molecule is Cn1c(=O)[nH]c2ncn3nc(-c4ccco4)cc3c21. The molecule has 4 aromatic rings. The van der Waals surface area contributed by atoms with Gasteiger partial charge in [-0.1, -0.05) is 0 Å². The van der Waals surface area contributed by atoms with Crippen LogP contribution in [0.25, 0.3) is 28.1 Å². The number of furan rings is 1. The van der Waals surface area contributed by atoms with Crippen molar-refractivity contribution in [1.82, 2.24) is 24.1 Å². The molecule has 0 spiro atoms. The maximum atomic E-state index is 11.6. The van der Waals surface area contributed by atoms with Crippen LogP contribution in [0.5, 0.6) is 0 Å². The van der Waals surface area contributed by atoms with Gasteiger partial charge in [0.2, 0.25) is 0 Å². The molecule has 0 bridgehead atoms. The molecular formula is C12H9N5O2. The first-order valence-electron chi connectivity index (χ1n) is 5.71. The highest BCUT2D eigenvalue weighted by molar-refractivity contribution is 5.89. The van der Waals surface area contributed by atoms with E-state index in [9.17, 15) is 4.79 Å². The van der Waals surface area contributed by atoms with Crippen LogP contribution in [0.4, 0.5) is 0 Å². The molecule has 0 saturated heterocycles. The topological polar surface area (TPSA) is 81.1 Å². The molecule has 0 aliphatic rings. The van der Waals surface area contributed by atoms with Gasteiger partial charge in [-0.3, -0.25) is 9.55 Å². The van der Waals surface area contributed by atoms with Crippen molar-refractivity contribution < 1.29 is 4.42 Å². The summed E-state index contributed by atoms with van der Waals surface area (Å²) in [7, 11) is 1.70. The average molecular weight is 255 g/mol. The Morgan fingerprint density at radius 2 is 2.32 bits per heavy atom. The Morgan fingerprint density at radius 1 is 1.42 bits per heavy atom. The summed E-state index contributed by atoms with van der Waals surface area (Å²) < 4.78 is 8.48. The zero-order valence-electron chi connectivity index (χ0n) is 9.99. The molecule has 0 aliphatic heterocycles. The summed E-state index contributed by atoms with van der Waals surface area (Å²) in [6, 6.07) is 5.51. The van der Waals surface area contributed by atoms with E-state index in [2.05, 4.69) is 15.1 Å². The first kappa shape index (κ1) is 10.1. The number of hydrogen-bond acceptors (Lipinski definition) is 4. The lowest BCUT2D eigenvalue weighted by Crippen LogP contribution is -2.12. The molecule has 0 radical (unpaired) electrons. The van der Waals surface area contributed by atoms with Crippen molar-refractivity contribution >= 4 is 16.7 Å². The minimum absolute atomic E-state index is 0.198. The van der Waals surface area contributed by atoms with E-state index in [0.717, 1.165) is 11.0 Å². The van der Waals surface area contributed by atoms with E-state index < -0.39 is 0 Å². The zero-order valence-corrected chi connectivity index (χ0v) is 9.99. The van der Waals surface area contributed by atoms with E-state index in [4.69, 9.17) is 4.42 Å². The predicted molar refractivity (Wildman–Crippen MR) is 67.8 cm³/mol. The third-order valence-corrected chi connectivity index (χ3v) is 3.14. The van der Waals surface area contributed by atoms with Crippen molar-refractivity contribution in [3.63, 3.8) is 0 Å². The van der Waals surface area contributed by atoms with E-state index in [0.29, 0.717) is 17.1 Å². The van der Waals surface area contributed by atoms with Gasteiger partial charge in [-0.05, 0) is 18.2 Å². The number of rotatable bonds is 1. The van der Waals surface area contributed by atoms with Crippen molar-refractivity contribution in [2.75, 3.05) is 0 Å². The van der Waals surface area contributed by atoms with Gasteiger partial charge in [-0.15, -0.1) is 0 Å². The van der Waals surface area contributed by atoms with Crippen molar-refractivity contribution in [3.8, 4) is 11.5 Å². The molecule has 0 fully saturated rings. The summed E-state index contributed by atoms with van der Waals surface area (Å²) in [6.07, 6.45) is 3.17. The number of nitrogens with zero attached hydrogens (tertiary/aromatic N) is 4. The molecule has 0 unspecified atom stereocenters. The van der Waals surface area contributed by atoms with Gasteiger partial charge < -0.3 is 4.42 Å². The summed E-state index contributed by atoms with van der Waals surface area (Å²) in [4.78, 5) is 18.5. The van der Waals surface area contributed by atoms with Gasteiger partial charge in [-0.25, -0.2) is 14.3 Å². The maximum Gasteiger partial charge on any atom is 0.327 e. The van der Waals surface area contributed by atoms with Crippen LogP contribution in [0, 0.1) is 0 Å². The van der Waals surface area contributed by atoms with Gasteiger partial charge in [0.1, 0.15) is 17.5 Å². The fraction of sp³-hybridized carbons (Fsp3) is 0.0833. The number of imidazole rings is 1. The molecule has 0 amide bonds. The third kappa shape index (κ3) is 1.29. The average Bonchev–Trinajstić information content (AvgIpc) is 3.09. The molecule has 4 rings (SSSR count).